The monoisotopic (exact) mass is 295 g/mol. The molecule has 7 nitrogen and oxygen atoms in total. The lowest BCUT2D eigenvalue weighted by Gasteiger charge is -2.34. The van der Waals surface area contributed by atoms with Crippen LogP contribution in [-0.2, 0) is 11.3 Å². The molecule has 7 heteroatoms. The number of hydrogen-bond donors (Lipinski definition) is 2. The number of rotatable bonds is 4. The third-order valence-electron chi connectivity index (χ3n) is 3.99. The molecule has 2 N–H and O–H groups in total. The van der Waals surface area contributed by atoms with E-state index in [0.717, 1.165) is 0 Å². The van der Waals surface area contributed by atoms with Crippen molar-refractivity contribution in [2.75, 3.05) is 14.1 Å². The Bertz CT molecular complexity index is 530. The van der Waals surface area contributed by atoms with Gasteiger partial charge in [0.05, 0.1) is 18.1 Å². The molecule has 0 spiro atoms. The zero-order valence-corrected chi connectivity index (χ0v) is 12.3. The van der Waals surface area contributed by atoms with Crippen molar-refractivity contribution in [3.63, 3.8) is 0 Å². The molecule has 1 saturated carbocycles. The molecule has 1 amide bonds. The Hall–Kier alpha value is -1.89. The zero-order chi connectivity index (χ0) is 15.6. The van der Waals surface area contributed by atoms with Gasteiger partial charge in [0.1, 0.15) is 5.69 Å². The van der Waals surface area contributed by atoms with E-state index >= 15 is 0 Å². The first kappa shape index (κ1) is 15.5. The largest absolute Gasteiger partial charge is 0.481 e. The van der Waals surface area contributed by atoms with Crippen molar-refractivity contribution in [1.82, 2.24) is 14.7 Å². The number of aliphatic hydroxyl groups is 1. The van der Waals surface area contributed by atoms with Crippen LogP contribution in [0.4, 0.5) is 0 Å². The molecule has 1 aromatic heterocycles. The second-order valence-electron chi connectivity index (χ2n) is 5.93. The number of nitrogens with zero attached hydrogens (tertiary/aromatic N) is 3. The van der Waals surface area contributed by atoms with Crippen LogP contribution in [0, 0.1) is 5.92 Å². The summed E-state index contributed by atoms with van der Waals surface area (Å²) in [7, 11) is 3.31. The van der Waals surface area contributed by atoms with Gasteiger partial charge in [0.2, 0.25) is 0 Å². The van der Waals surface area contributed by atoms with Crippen LogP contribution < -0.4 is 0 Å². The van der Waals surface area contributed by atoms with Crippen molar-refractivity contribution >= 4 is 11.9 Å². The Morgan fingerprint density at radius 2 is 2.05 bits per heavy atom. The number of aromatic nitrogens is 2. The Labute approximate surface area is 123 Å². The maximum absolute atomic E-state index is 11.8. The maximum atomic E-state index is 11.8. The summed E-state index contributed by atoms with van der Waals surface area (Å²) in [5.41, 5.74) is -0.612. The first-order chi connectivity index (χ1) is 9.81. The van der Waals surface area contributed by atoms with Gasteiger partial charge in [-0.05, 0) is 31.7 Å². The second-order valence-corrected chi connectivity index (χ2v) is 5.93. The predicted molar refractivity (Wildman–Crippen MR) is 74.8 cm³/mol. The molecule has 0 aromatic carbocycles. The predicted octanol–water partition coefficient (Wildman–Crippen LogP) is 0.591. The van der Waals surface area contributed by atoms with Crippen LogP contribution in [0.5, 0.6) is 0 Å². The fraction of sp³-hybridized carbons (Fsp3) is 0.643. The first-order valence-electron chi connectivity index (χ1n) is 7.01. The summed E-state index contributed by atoms with van der Waals surface area (Å²) in [6, 6.07) is 1.62. The minimum atomic E-state index is -0.948. The molecule has 21 heavy (non-hydrogen) atoms. The Balaban J connectivity index is 1.99. The van der Waals surface area contributed by atoms with Gasteiger partial charge in [-0.15, -0.1) is 0 Å². The number of carbonyl (C=O) groups excluding carboxylic acids is 1. The number of carboxylic acid groups (broad SMARTS) is 1. The normalized spacial score (nSPS) is 25.6. The molecule has 1 heterocycles. The zero-order valence-electron chi connectivity index (χ0n) is 12.3. The molecule has 116 valence electrons. The van der Waals surface area contributed by atoms with E-state index in [4.69, 9.17) is 5.11 Å². The van der Waals surface area contributed by atoms with Crippen molar-refractivity contribution in [2.24, 2.45) is 5.92 Å². The van der Waals surface area contributed by atoms with Gasteiger partial charge < -0.3 is 15.1 Å². The van der Waals surface area contributed by atoms with E-state index in [0.29, 0.717) is 31.4 Å². The van der Waals surface area contributed by atoms with Crippen molar-refractivity contribution < 1.29 is 19.8 Å². The maximum Gasteiger partial charge on any atom is 0.306 e. The lowest BCUT2D eigenvalue weighted by atomic mass is 9.79. The highest BCUT2D eigenvalue weighted by molar-refractivity contribution is 5.91. The van der Waals surface area contributed by atoms with Gasteiger partial charge in [-0.1, -0.05) is 0 Å². The lowest BCUT2D eigenvalue weighted by molar-refractivity contribution is -0.145. The topological polar surface area (TPSA) is 95.7 Å². The van der Waals surface area contributed by atoms with Gasteiger partial charge in [-0.3, -0.25) is 14.3 Å². The summed E-state index contributed by atoms with van der Waals surface area (Å²) in [5, 5.41) is 23.7. The molecular formula is C14H21N3O4. The van der Waals surface area contributed by atoms with E-state index < -0.39 is 11.6 Å². The molecule has 1 aliphatic carbocycles. The minimum Gasteiger partial charge on any atom is -0.481 e. The molecule has 0 radical (unpaired) electrons. The van der Waals surface area contributed by atoms with E-state index in [1.165, 1.54) is 4.90 Å². The standard InChI is InChI=1S/C14H21N3O4/c1-16(2)12(18)11-5-8-17(15-11)9-14(21)6-3-10(4-7-14)13(19)20/h5,8,10,21H,3-4,6-7,9H2,1-2H3,(H,19,20). The SMILES string of the molecule is CN(C)C(=O)c1ccn(CC2(O)CCC(C(=O)O)CC2)n1. The van der Waals surface area contributed by atoms with Crippen LogP contribution >= 0.6 is 0 Å². The summed E-state index contributed by atoms with van der Waals surface area (Å²) in [6.07, 6.45) is 3.47. The van der Waals surface area contributed by atoms with E-state index in [9.17, 15) is 14.7 Å². The summed E-state index contributed by atoms with van der Waals surface area (Å²) in [6.45, 7) is 0.278. The molecule has 0 atom stereocenters. The van der Waals surface area contributed by atoms with Crippen LogP contribution in [-0.4, -0.2) is 56.5 Å². The molecule has 1 aliphatic rings. The van der Waals surface area contributed by atoms with Crippen LogP contribution in [0.1, 0.15) is 36.2 Å². The van der Waals surface area contributed by atoms with Crippen molar-refractivity contribution in [3.05, 3.63) is 18.0 Å². The summed E-state index contributed by atoms with van der Waals surface area (Å²) in [4.78, 5) is 24.1. The number of aliphatic carboxylic acids is 1. The quantitative estimate of drug-likeness (QED) is 0.847. The smallest absolute Gasteiger partial charge is 0.306 e. The van der Waals surface area contributed by atoms with Crippen LogP contribution in [0.25, 0.3) is 0 Å². The second kappa shape index (κ2) is 5.85. The van der Waals surface area contributed by atoms with E-state index in [1.54, 1.807) is 31.0 Å². The van der Waals surface area contributed by atoms with E-state index in [2.05, 4.69) is 5.10 Å². The molecule has 0 unspecified atom stereocenters. The van der Waals surface area contributed by atoms with Crippen molar-refractivity contribution in [3.8, 4) is 0 Å². The van der Waals surface area contributed by atoms with E-state index in [-0.39, 0.29) is 18.4 Å². The average molecular weight is 295 g/mol. The molecular weight excluding hydrogens is 274 g/mol. The highest BCUT2D eigenvalue weighted by Gasteiger charge is 2.36. The third kappa shape index (κ3) is 3.60. The van der Waals surface area contributed by atoms with Crippen LogP contribution in [0.2, 0.25) is 0 Å². The molecule has 0 aliphatic heterocycles. The fourth-order valence-electron chi connectivity index (χ4n) is 2.65. The number of carbonyl (C=O) groups is 2. The number of carboxylic acids is 1. The Kier molecular flexibility index (Phi) is 4.32. The summed E-state index contributed by atoms with van der Waals surface area (Å²) >= 11 is 0. The van der Waals surface area contributed by atoms with Gasteiger partial charge in [-0.2, -0.15) is 5.10 Å². The molecule has 0 saturated heterocycles. The van der Waals surface area contributed by atoms with Crippen molar-refractivity contribution in [2.45, 2.75) is 37.8 Å². The van der Waals surface area contributed by atoms with Gasteiger partial charge in [0, 0.05) is 20.3 Å². The van der Waals surface area contributed by atoms with Gasteiger partial charge in [-0.25, -0.2) is 0 Å². The lowest BCUT2D eigenvalue weighted by Crippen LogP contribution is -2.40. The summed E-state index contributed by atoms with van der Waals surface area (Å²) < 4.78 is 1.55. The number of hydrogen-bond acceptors (Lipinski definition) is 4. The molecule has 1 aromatic rings. The van der Waals surface area contributed by atoms with Gasteiger partial charge in [0.25, 0.3) is 5.91 Å². The fourth-order valence-corrected chi connectivity index (χ4v) is 2.65. The highest BCUT2D eigenvalue weighted by atomic mass is 16.4. The Morgan fingerprint density at radius 3 is 2.57 bits per heavy atom. The highest BCUT2D eigenvalue weighted by Crippen LogP contribution is 2.33. The van der Waals surface area contributed by atoms with Crippen molar-refractivity contribution in [1.29, 1.82) is 0 Å². The molecule has 1 fully saturated rings. The molecule has 2 rings (SSSR count). The Morgan fingerprint density at radius 1 is 1.43 bits per heavy atom. The average Bonchev–Trinajstić information content (AvgIpc) is 2.85. The molecule has 0 bridgehead atoms. The van der Waals surface area contributed by atoms with E-state index in [1.807, 2.05) is 0 Å². The van der Waals surface area contributed by atoms with Gasteiger partial charge in [0.15, 0.2) is 0 Å². The number of amides is 1. The minimum absolute atomic E-state index is 0.185. The van der Waals surface area contributed by atoms with Crippen LogP contribution in [0.15, 0.2) is 12.3 Å². The van der Waals surface area contributed by atoms with Crippen LogP contribution in [0.3, 0.4) is 0 Å². The first-order valence-corrected chi connectivity index (χ1v) is 7.01. The summed E-state index contributed by atoms with van der Waals surface area (Å²) in [5.74, 6) is -1.35. The van der Waals surface area contributed by atoms with Gasteiger partial charge >= 0.3 is 5.97 Å². The third-order valence-corrected chi connectivity index (χ3v) is 3.99.